The maximum absolute atomic E-state index is 14.6. The standard InChI is InChI=1S/C39H54F3N5O11S/c1-11-22-19-38(22,33(50)46-59(52,53)58-37(9)15-16-37)45-31(48)25-17-23(56-27-18-28(55-12-2)43-29-21(3)26(54-10)14-13-24(27)29)20-47(25)32(49)30(35(4,5)6)44-34(51)57-36(7,8)39(40,41)42/h13-14,18,22-23,25,30H,11-12,15-17,19-20H2,1-10H3,(H,44,51)(H,45,48)(H,46,50)/t22?,23-,25+,30-,38-/m1/s1. The maximum Gasteiger partial charge on any atom is 0.427 e. The van der Waals surface area contributed by atoms with Gasteiger partial charge in [-0.05, 0) is 77.3 Å². The van der Waals surface area contributed by atoms with Gasteiger partial charge in [0.2, 0.25) is 23.3 Å². The van der Waals surface area contributed by atoms with Gasteiger partial charge in [-0.2, -0.15) is 21.6 Å². The second kappa shape index (κ2) is 16.1. The number of alkyl halides is 3. The van der Waals surface area contributed by atoms with Gasteiger partial charge < -0.3 is 34.5 Å². The zero-order chi connectivity index (χ0) is 44.1. The summed E-state index contributed by atoms with van der Waals surface area (Å²) in [6.07, 6.45) is -6.07. The molecule has 3 N–H and O–H groups in total. The fourth-order valence-corrected chi connectivity index (χ4v) is 8.21. The number of aryl methyl sites for hydroxylation is 1. The van der Waals surface area contributed by atoms with Crippen LogP contribution in [0.4, 0.5) is 18.0 Å². The van der Waals surface area contributed by atoms with E-state index in [9.17, 15) is 40.8 Å². The molecule has 2 saturated carbocycles. The molecule has 2 heterocycles. The van der Waals surface area contributed by atoms with Gasteiger partial charge in [-0.3, -0.25) is 14.4 Å². The smallest absolute Gasteiger partial charge is 0.427 e. The zero-order valence-electron chi connectivity index (χ0n) is 34.9. The van der Waals surface area contributed by atoms with E-state index in [2.05, 4.69) is 15.6 Å². The number of pyridine rings is 1. The number of methoxy groups -OCH3 is 1. The number of alkyl carbamates (subject to hydrolysis) is 1. The molecule has 5 atom stereocenters. The number of benzene rings is 1. The van der Waals surface area contributed by atoms with Crippen molar-refractivity contribution < 1.29 is 63.9 Å². The number of halogens is 3. The highest BCUT2D eigenvalue weighted by Gasteiger charge is 2.62. The number of carbonyl (C=O) groups excluding carboxylic acids is 4. The second-order valence-corrected chi connectivity index (χ2v) is 18.5. The van der Waals surface area contributed by atoms with Crippen molar-refractivity contribution in [3.63, 3.8) is 0 Å². The van der Waals surface area contributed by atoms with Crippen molar-refractivity contribution in [3.05, 3.63) is 23.8 Å². The minimum absolute atomic E-state index is 0.0908. The number of hydrogen-bond acceptors (Lipinski definition) is 12. The molecule has 1 aliphatic heterocycles. The summed E-state index contributed by atoms with van der Waals surface area (Å²) in [5, 5.41) is 5.57. The molecule has 0 bridgehead atoms. The molecule has 59 heavy (non-hydrogen) atoms. The van der Waals surface area contributed by atoms with Crippen molar-refractivity contribution in [2.75, 3.05) is 20.3 Å². The molecule has 328 valence electrons. The number of rotatable bonds is 15. The quantitative estimate of drug-likeness (QED) is 0.217. The molecule has 2 aliphatic carbocycles. The van der Waals surface area contributed by atoms with Gasteiger partial charge in [-0.15, -0.1) is 0 Å². The van der Waals surface area contributed by atoms with Crippen LogP contribution in [0.5, 0.6) is 17.4 Å². The van der Waals surface area contributed by atoms with Gasteiger partial charge in [0.15, 0.2) is 0 Å². The molecule has 1 aromatic heterocycles. The van der Waals surface area contributed by atoms with E-state index in [0.29, 0.717) is 61.1 Å². The number of amides is 4. The van der Waals surface area contributed by atoms with E-state index in [-0.39, 0.29) is 31.9 Å². The molecule has 0 spiro atoms. The Morgan fingerprint density at radius 1 is 1.05 bits per heavy atom. The van der Waals surface area contributed by atoms with Crippen LogP contribution in [0.3, 0.4) is 0 Å². The van der Waals surface area contributed by atoms with Crippen LogP contribution in [0.25, 0.3) is 10.9 Å². The molecule has 16 nitrogen and oxygen atoms in total. The minimum atomic E-state index is -4.93. The Kier molecular flexibility index (Phi) is 12.4. The maximum atomic E-state index is 14.6. The summed E-state index contributed by atoms with van der Waals surface area (Å²) < 4.78 is 96.1. The number of nitrogens with zero attached hydrogens (tertiary/aromatic N) is 2. The van der Waals surface area contributed by atoms with Crippen LogP contribution < -0.4 is 29.6 Å². The van der Waals surface area contributed by atoms with Crippen molar-refractivity contribution >= 4 is 45.0 Å². The molecular weight excluding hydrogens is 804 g/mol. The first-order chi connectivity index (χ1) is 27.2. The van der Waals surface area contributed by atoms with Crippen molar-refractivity contribution in [2.45, 2.75) is 136 Å². The number of carbonyl (C=O) groups is 4. The van der Waals surface area contributed by atoms with Crippen LogP contribution in [-0.4, -0.2) is 103 Å². The van der Waals surface area contributed by atoms with Gasteiger partial charge >= 0.3 is 22.6 Å². The van der Waals surface area contributed by atoms with Crippen molar-refractivity contribution in [1.29, 1.82) is 0 Å². The van der Waals surface area contributed by atoms with Gasteiger partial charge in [0.1, 0.15) is 35.2 Å². The molecule has 2 aromatic rings. The molecule has 0 radical (unpaired) electrons. The Hall–Kier alpha value is -4.59. The van der Waals surface area contributed by atoms with Gasteiger partial charge in [0.05, 0.1) is 31.4 Å². The first-order valence-corrected chi connectivity index (χ1v) is 20.8. The van der Waals surface area contributed by atoms with E-state index in [1.807, 2.05) is 11.6 Å². The molecule has 5 rings (SSSR count). The van der Waals surface area contributed by atoms with Crippen LogP contribution >= 0.6 is 0 Å². The van der Waals surface area contributed by atoms with E-state index in [1.165, 1.54) is 7.11 Å². The fourth-order valence-electron chi connectivity index (χ4n) is 7.07. The molecular formula is C39H54F3N5O11S. The highest BCUT2D eigenvalue weighted by molar-refractivity contribution is 7.85. The Balaban J connectivity index is 1.49. The third-order valence-electron chi connectivity index (χ3n) is 11.0. The van der Waals surface area contributed by atoms with E-state index in [0.717, 1.165) is 4.90 Å². The zero-order valence-corrected chi connectivity index (χ0v) is 35.7. The largest absolute Gasteiger partial charge is 0.496 e. The SMILES string of the molecule is CCOc1cc(O[C@@H]2C[C@@H](C(=O)N[C@]3(C(=O)NS(=O)(=O)OC4(C)CC4)CC3CC)N(C(=O)[C@@H](NC(=O)OC(C)(C)C(F)(F)F)C(C)(C)C)C2)c2ccc(OC)c(C)c2n1. The molecule has 3 fully saturated rings. The van der Waals surface area contributed by atoms with E-state index < -0.39 is 86.6 Å². The lowest BCUT2D eigenvalue weighted by Gasteiger charge is -2.36. The Bertz CT molecular complexity index is 2090. The lowest BCUT2D eigenvalue weighted by atomic mass is 9.85. The lowest BCUT2D eigenvalue weighted by molar-refractivity contribution is -0.244. The molecule has 1 aromatic carbocycles. The first kappa shape index (κ1) is 45.5. The summed E-state index contributed by atoms with van der Waals surface area (Å²) in [7, 11) is -3.03. The third kappa shape index (κ3) is 9.90. The third-order valence-corrected chi connectivity index (χ3v) is 12.1. The van der Waals surface area contributed by atoms with Crippen LogP contribution in [0.2, 0.25) is 0 Å². The van der Waals surface area contributed by atoms with Crippen LogP contribution in [-0.2, 0) is 33.6 Å². The van der Waals surface area contributed by atoms with Crippen molar-refractivity contribution in [2.24, 2.45) is 11.3 Å². The molecule has 4 amide bonds. The van der Waals surface area contributed by atoms with Crippen LogP contribution in [0.15, 0.2) is 18.2 Å². The highest BCUT2D eigenvalue weighted by atomic mass is 32.2. The average molecular weight is 858 g/mol. The predicted octanol–water partition coefficient (Wildman–Crippen LogP) is 5.00. The first-order valence-electron chi connectivity index (χ1n) is 19.4. The predicted molar refractivity (Wildman–Crippen MR) is 207 cm³/mol. The summed E-state index contributed by atoms with van der Waals surface area (Å²) >= 11 is 0. The summed E-state index contributed by atoms with van der Waals surface area (Å²) in [6, 6.07) is 2.13. The normalized spacial score (nSPS) is 23.2. The van der Waals surface area contributed by atoms with Crippen LogP contribution in [0.1, 0.15) is 93.1 Å². The summed E-state index contributed by atoms with van der Waals surface area (Å²) in [6.45, 7) is 13.0. The van der Waals surface area contributed by atoms with E-state index in [4.69, 9.17) is 23.1 Å². The van der Waals surface area contributed by atoms with Gasteiger partial charge in [-0.1, -0.05) is 34.1 Å². The fraction of sp³-hybridized carbons (Fsp3) is 0.667. The van der Waals surface area contributed by atoms with Gasteiger partial charge in [-0.25, -0.2) is 18.7 Å². The van der Waals surface area contributed by atoms with Gasteiger partial charge in [0.25, 0.3) is 5.91 Å². The Morgan fingerprint density at radius 3 is 2.25 bits per heavy atom. The number of nitrogens with one attached hydrogen (secondary N) is 3. The topological polar surface area (TPSA) is 201 Å². The number of likely N-dealkylation sites (tertiary alicyclic amines) is 1. The second-order valence-electron chi connectivity index (χ2n) is 17.2. The minimum Gasteiger partial charge on any atom is -0.496 e. The molecule has 3 aliphatic rings. The number of fused-ring (bicyclic) bond motifs is 1. The van der Waals surface area contributed by atoms with E-state index >= 15 is 0 Å². The van der Waals surface area contributed by atoms with Crippen LogP contribution in [0, 0.1) is 18.3 Å². The highest BCUT2D eigenvalue weighted by Crippen LogP contribution is 2.47. The monoisotopic (exact) mass is 857 g/mol. The lowest BCUT2D eigenvalue weighted by Crippen LogP contribution is -2.60. The van der Waals surface area contributed by atoms with E-state index in [1.54, 1.807) is 59.7 Å². The molecule has 1 saturated heterocycles. The number of hydrogen-bond donors (Lipinski definition) is 3. The summed E-state index contributed by atoms with van der Waals surface area (Å²) in [5.74, 6) is -2.07. The number of aromatic nitrogens is 1. The summed E-state index contributed by atoms with van der Waals surface area (Å²) in [4.78, 5) is 61.5. The van der Waals surface area contributed by atoms with Crippen molar-refractivity contribution in [3.8, 4) is 17.4 Å². The van der Waals surface area contributed by atoms with Gasteiger partial charge in [0, 0.05) is 23.4 Å². The van der Waals surface area contributed by atoms with Crippen molar-refractivity contribution in [1.82, 2.24) is 25.2 Å². The average Bonchev–Trinajstić information content (AvgIpc) is 3.98. The Morgan fingerprint density at radius 2 is 1.71 bits per heavy atom. The summed E-state index contributed by atoms with van der Waals surface area (Å²) in [5.41, 5.74) is -5.45. The molecule has 20 heteroatoms. The molecule has 1 unspecified atom stereocenters. The Labute approximate surface area is 341 Å². The number of ether oxygens (including phenoxy) is 4.